The Kier molecular flexibility index (Phi) is 3.20. The first-order valence-electron chi connectivity index (χ1n) is 6.01. The van der Waals surface area contributed by atoms with Crippen molar-refractivity contribution in [1.29, 1.82) is 0 Å². The molecule has 1 fully saturated rings. The zero-order valence-corrected chi connectivity index (χ0v) is 10.5. The number of aromatic nitrogens is 3. The Labute approximate surface area is 105 Å². The molecule has 90 valence electrons. The van der Waals surface area contributed by atoms with E-state index >= 15 is 0 Å². The average Bonchev–Trinajstić information content (AvgIpc) is 2.86. The van der Waals surface area contributed by atoms with Crippen LogP contribution in [-0.2, 0) is 19.5 Å². The Morgan fingerprint density at radius 3 is 3.18 bits per heavy atom. The van der Waals surface area contributed by atoms with Crippen molar-refractivity contribution in [2.45, 2.75) is 38.4 Å². The maximum absolute atomic E-state index is 4.30. The molecule has 0 amide bonds. The predicted octanol–water partition coefficient (Wildman–Crippen LogP) is 1.83. The standard InChI is InChI=1S/C12H16N4S/c1-2-10(1)14-6-12-5-13-8-16(12)4-3-11-7-17-9-15-11/h5,7-10,14H,1-4,6H2. The molecule has 0 bridgehead atoms. The molecule has 0 unspecified atom stereocenters. The van der Waals surface area contributed by atoms with Crippen molar-refractivity contribution >= 4 is 11.3 Å². The van der Waals surface area contributed by atoms with E-state index in [1.165, 1.54) is 24.2 Å². The van der Waals surface area contributed by atoms with Gasteiger partial charge in [0.25, 0.3) is 0 Å². The quantitative estimate of drug-likeness (QED) is 0.848. The fraction of sp³-hybridized carbons (Fsp3) is 0.500. The second-order valence-corrected chi connectivity index (χ2v) is 5.18. The molecule has 0 spiro atoms. The fourth-order valence-electron chi connectivity index (χ4n) is 1.83. The van der Waals surface area contributed by atoms with E-state index in [-0.39, 0.29) is 0 Å². The van der Waals surface area contributed by atoms with Crippen molar-refractivity contribution in [1.82, 2.24) is 19.9 Å². The van der Waals surface area contributed by atoms with Crippen LogP contribution in [0.5, 0.6) is 0 Å². The third-order valence-corrected chi connectivity index (χ3v) is 3.68. The summed E-state index contributed by atoms with van der Waals surface area (Å²) in [6.45, 7) is 1.90. The Morgan fingerprint density at radius 2 is 2.41 bits per heavy atom. The highest BCUT2D eigenvalue weighted by atomic mass is 32.1. The van der Waals surface area contributed by atoms with Gasteiger partial charge in [0, 0.05) is 37.1 Å². The molecule has 1 aliphatic rings. The van der Waals surface area contributed by atoms with Crippen molar-refractivity contribution in [3.63, 3.8) is 0 Å². The highest BCUT2D eigenvalue weighted by Crippen LogP contribution is 2.19. The van der Waals surface area contributed by atoms with Crippen molar-refractivity contribution in [2.24, 2.45) is 0 Å². The van der Waals surface area contributed by atoms with Crippen LogP contribution in [0.15, 0.2) is 23.4 Å². The number of rotatable bonds is 6. The third-order valence-electron chi connectivity index (χ3n) is 3.04. The van der Waals surface area contributed by atoms with Crippen LogP contribution in [0.25, 0.3) is 0 Å². The number of nitrogens with zero attached hydrogens (tertiary/aromatic N) is 3. The lowest BCUT2D eigenvalue weighted by Gasteiger charge is -2.07. The second-order valence-electron chi connectivity index (χ2n) is 4.46. The molecular formula is C12H16N4S. The first kappa shape index (κ1) is 10.9. The molecule has 1 saturated carbocycles. The Morgan fingerprint density at radius 1 is 1.47 bits per heavy atom. The van der Waals surface area contributed by atoms with Gasteiger partial charge in [-0.05, 0) is 12.8 Å². The van der Waals surface area contributed by atoms with Crippen molar-refractivity contribution < 1.29 is 0 Å². The Balaban J connectivity index is 1.56. The Hall–Kier alpha value is -1.20. The van der Waals surface area contributed by atoms with Crippen LogP contribution in [-0.4, -0.2) is 20.6 Å². The lowest BCUT2D eigenvalue weighted by Crippen LogP contribution is -2.18. The molecule has 0 saturated heterocycles. The number of aryl methyl sites for hydroxylation is 2. The summed E-state index contributed by atoms with van der Waals surface area (Å²) in [7, 11) is 0. The van der Waals surface area contributed by atoms with Crippen LogP contribution in [0.3, 0.4) is 0 Å². The SMILES string of the molecule is c1nc(CCn2cncc2CNC2CC2)cs1. The van der Waals surface area contributed by atoms with Crippen LogP contribution in [0.1, 0.15) is 24.2 Å². The molecule has 17 heavy (non-hydrogen) atoms. The molecule has 0 atom stereocenters. The molecule has 1 aliphatic carbocycles. The number of hydrogen-bond acceptors (Lipinski definition) is 4. The van der Waals surface area contributed by atoms with E-state index in [9.17, 15) is 0 Å². The van der Waals surface area contributed by atoms with Gasteiger partial charge >= 0.3 is 0 Å². The van der Waals surface area contributed by atoms with E-state index in [2.05, 4.69) is 25.2 Å². The molecule has 0 aromatic carbocycles. The Bertz CT molecular complexity index is 459. The number of nitrogens with one attached hydrogen (secondary N) is 1. The van der Waals surface area contributed by atoms with Gasteiger partial charge in [-0.2, -0.15) is 0 Å². The summed E-state index contributed by atoms with van der Waals surface area (Å²) >= 11 is 1.66. The maximum Gasteiger partial charge on any atom is 0.0948 e. The summed E-state index contributed by atoms with van der Waals surface area (Å²) in [5, 5.41) is 5.63. The smallest absolute Gasteiger partial charge is 0.0948 e. The van der Waals surface area contributed by atoms with Crippen LogP contribution < -0.4 is 5.32 Å². The maximum atomic E-state index is 4.30. The number of imidazole rings is 1. The van der Waals surface area contributed by atoms with E-state index in [1.807, 2.05) is 18.0 Å². The van der Waals surface area contributed by atoms with Gasteiger partial charge in [0.05, 0.1) is 23.2 Å². The minimum absolute atomic E-state index is 0.747. The zero-order valence-electron chi connectivity index (χ0n) is 9.67. The topological polar surface area (TPSA) is 42.7 Å². The average molecular weight is 248 g/mol. The molecule has 2 aromatic heterocycles. The van der Waals surface area contributed by atoms with E-state index in [0.29, 0.717) is 0 Å². The molecule has 3 rings (SSSR count). The van der Waals surface area contributed by atoms with Crippen molar-refractivity contribution in [2.75, 3.05) is 0 Å². The van der Waals surface area contributed by atoms with Gasteiger partial charge in [0.1, 0.15) is 0 Å². The highest BCUT2D eigenvalue weighted by Gasteiger charge is 2.20. The van der Waals surface area contributed by atoms with Crippen LogP contribution in [0.2, 0.25) is 0 Å². The summed E-state index contributed by atoms with van der Waals surface area (Å²) in [6, 6.07) is 0.747. The molecule has 2 aromatic rings. The van der Waals surface area contributed by atoms with E-state index in [0.717, 1.165) is 25.6 Å². The van der Waals surface area contributed by atoms with Gasteiger partial charge < -0.3 is 9.88 Å². The summed E-state index contributed by atoms with van der Waals surface area (Å²) in [4.78, 5) is 8.52. The van der Waals surface area contributed by atoms with Gasteiger partial charge in [0.2, 0.25) is 0 Å². The van der Waals surface area contributed by atoms with E-state index in [1.54, 1.807) is 11.3 Å². The summed E-state index contributed by atoms with van der Waals surface area (Å²) < 4.78 is 2.22. The lowest BCUT2D eigenvalue weighted by molar-refractivity contribution is 0.603. The van der Waals surface area contributed by atoms with Gasteiger partial charge in [-0.3, -0.25) is 0 Å². The molecule has 2 heterocycles. The normalized spacial score (nSPS) is 15.3. The summed E-state index contributed by atoms with van der Waals surface area (Å²) in [5.41, 5.74) is 4.33. The monoisotopic (exact) mass is 248 g/mol. The number of hydrogen-bond donors (Lipinski definition) is 1. The van der Waals surface area contributed by atoms with Crippen molar-refractivity contribution in [3.8, 4) is 0 Å². The van der Waals surface area contributed by atoms with E-state index in [4.69, 9.17) is 0 Å². The molecule has 0 radical (unpaired) electrons. The molecule has 4 nitrogen and oxygen atoms in total. The first-order valence-corrected chi connectivity index (χ1v) is 6.95. The minimum atomic E-state index is 0.747. The summed E-state index contributed by atoms with van der Waals surface area (Å²) in [5.74, 6) is 0. The highest BCUT2D eigenvalue weighted by molar-refractivity contribution is 7.07. The van der Waals surface area contributed by atoms with Gasteiger partial charge in [-0.1, -0.05) is 0 Å². The van der Waals surface area contributed by atoms with Gasteiger partial charge in [-0.25, -0.2) is 9.97 Å². The first-order chi connectivity index (χ1) is 8.42. The largest absolute Gasteiger partial charge is 0.333 e. The second kappa shape index (κ2) is 4.98. The van der Waals surface area contributed by atoms with Crippen LogP contribution >= 0.6 is 11.3 Å². The molecule has 5 heteroatoms. The zero-order chi connectivity index (χ0) is 11.5. The molecule has 0 aliphatic heterocycles. The minimum Gasteiger partial charge on any atom is -0.333 e. The van der Waals surface area contributed by atoms with Gasteiger partial charge in [0.15, 0.2) is 0 Å². The van der Waals surface area contributed by atoms with Crippen molar-refractivity contribution in [3.05, 3.63) is 34.8 Å². The van der Waals surface area contributed by atoms with Gasteiger partial charge in [-0.15, -0.1) is 11.3 Å². The lowest BCUT2D eigenvalue weighted by atomic mass is 10.3. The molecular weight excluding hydrogens is 232 g/mol. The predicted molar refractivity (Wildman–Crippen MR) is 67.9 cm³/mol. The van der Waals surface area contributed by atoms with Crippen LogP contribution in [0, 0.1) is 0 Å². The summed E-state index contributed by atoms with van der Waals surface area (Å²) in [6.07, 6.45) is 7.50. The number of thiazole rings is 1. The van der Waals surface area contributed by atoms with Crippen LogP contribution in [0.4, 0.5) is 0 Å². The molecule has 1 N–H and O–H groups in total. The van der Waals surface area contributed by atoms with E-state index < -0.39 is 0 Å². The fourth-order valence-corrected chi connectivity index (χ4v) is 2.42. The third kappa shape index (κ3) is 2.92.